The average Bonchev–Trinajstić information content (AvgIpc) is 3.13. The maximum absolute atomic E-state index is 12.6. The highest BCUT2D eigenvalue weighted by Crippen LogP contribution is 2.46. The van der Waals surface area contributed by atoms with E-state index in [1.54, 1.807) is 12.1 Å². The minimum Gasteiger partial charge on any atom is -0.326 e. The zero-order valence-corrected chi connectivity index (χ0v) is 12.0. The summed E-state index contributed by atoms with van der Waals surface area (Å²) < 4.78 is 25.2. The van der Waals surface area contributed by atoms with Crippen molar-refractivity contribution in [2.75, 3.05) is 0 Å². The number of hydrogen-bond acceptors (Lipinski definition) is 3. The molecule has 2 N–H and O–H groups in total. The average molecular weight is 287 g/mol. The second-order valence-corrected chi connectivity index (χ2v) is 7.44. The lowest BCUT2D eigenvalue weighted by molar-refractivity contribution is 0.593. The van der Waals surface area contributed by atoms with Gasteiger partial charge in [0.15, 0.2) is 9.84 Å². The van der Waals surface area contributed by atoms with Gasteiger partial charge < -0.3 is 5.73 Å². The van der Waals surface area contributed by atoms with Crippen LogP contribution in [0.4, 0.5) is 0 Å². The summed E-state index contributed by atoms with van der Waals surface area (Å²) in [7, 11) is -3.35. The Balaban J connectivity index is 1.92. The minimum atomic E-state index is -3.35. The van der Waals surface area contributed by atoms with Crippen molar-refractivity contribution in [3.05, 3.63) is 65.7 Å². The summed E-state index contributed by atoms with van der Waals surface area (Å²) in [5.41, 5.74) is 8.06. The summed E-state index contributed by atoms with van der Waals surface area (Å²) in [6.07, 6.45) is 0. The molecule has 0 aliphatic heterocycles. The first-order valence-electron chi connectivity index (χ1n) is 6.63. The van der Waals surface area contributed by atoms with E-state index >= 15 is 0 Å². The molecule has 0 unspecified atom stereocenters. The Labute approximate surface area is 119 Å². The van der Waals surface area contributed by atoms with Gasteiger partial charge in [-0.3, -0.25) is 0 Å². The molecule has 3 nitrogen and oxygen atoms in total. The first kappa shape index (κ1) is 13.3. The summed E-state index contributed by atoms with van der Waals surface area (Å²) in [6, 6.07) is 16.3. The molecule has 0 amide bonds. The Morgan fingerprint density at radius 3 is 2.15 bits per heavy atom. The van der Waals surface area contributed by atoms with Crippen LogP contribution in [0.1, 0.15) is 17.0 Å². The van der Waals surface area contributed by atoms with E-state index < -0.39 is 15.1 Å². The van der Waals surface area contributed by atoms with Gasteiger partial charge in [-0.2, -0.15) is 0 Å². The molecule has 3 atom stereocenters. The second kappa shape index (κ2) is 4.72. The fraction of sp³-hybridized carbons (Fsp3) is 0.250. The van der Waals surface area contributed by atoms with Gasteiger partial charge in [0.2, 0.25) is 0 Å². The fourth-order valence-electron chi connectivity index (χ4n) is 2.68. The Morgan fingerprint density at radius 1 is 0.950 bits per heavy atom. The third kappa shape index (κ3) is 2.15. The summed E-state index contributed by atoms with van der Waals surface area (Å²) in [6.45, 7) is 1.94. The predicted octanol–water partition coefficient (Wildman–Crippen LogP) is 2.26. The lowest BCUT2D eigenvalue weighted by Crippen LogP contribution is -2.15. The van der Waals surface area contributed by atoms with Gasteiger partial charge in [-0.15, -0.1) is 0 Å². The third-order valence-corrected chi connectivity index (χ3v) is 6.15. The maximum atomic E-state index is 12.6. The van der Waals surface area contributed by atoms with Crippen LogP contribution in [0.5, 0.6) is 0 Å². The zero-order valence-electron chi connectivity index (χ0n) is 11.2. The molecule has 2 aromatic carbocycles. The van der Waals surface area contributed by atoms with E-state index in [-0.39, 0.29) is 12.0 Å². The number of benzene rings is 2. The zero-order chi connectivity index (χ0) is 14.3. The lowest BCUT2D eigenvalue weighted by Gasteiger charge is -2.04. The van der Waals surface area contributed by atoms with Crippen molar-refractivity contribution >= 4 is 9.84 Å². The van der Waals surface area contributed by atoms with Crippen LogP contribution in [0.2, 0.25) is 0 Å². The van der Waals surface area contributed by atoms with Crippen molar-refractivity contribution in [2.24, 2.45) is 5.73 Å². The van der Waals surface area contributed by atoms with Gasteiger partial charge in [-0.25, -0.2) is 8.42 Å². The molecule has 0 heterocycles. The molecular formula is C16H17NO2S. The van der Waals surface area contributed by atoms with E-state index in [4.69, 9.17) is 5.73 Å². The molecule has 0 aromatic heterocycles. The van der Waals surface area contributed by atoms with E-state index in [9.17, 15) is 8.42 Å². The summed E-state index contributed by atoms with van der Waals surface area (Å²) in [4.78, 5) is 0.363. The monoisotopic (exact) mass is 287 g/mol. The van der Waals surface area contributed by atoms with Crippen LogP contribution >= 0.6 is 0 Å². The van der Waals surface area contributed by atoms with Gasteiger partial charge in [0.25, 0.3) is 0 Å². The van der Waals surface area contributed by atoms with Gasteiger partial charge in [-0.05, 0) is 24.6 Å². The topological polar surface area (TPSA) is 60.2 Å². The molecule has 104 valence electrons. The second-order valence-electron chi connectivity index (χ2n) is 5.34. The van der Waals surface area contributed by atoms with Crippen LogP contribution in [0, 0.1) is 6.92 Å². The van der Waals surface area contributed by atoms with Gasteiger partial charge in [0.05, 0.1) is 10.1 Å². The van der Waals surface area contributed by atoms with E-state index in [2.05, 4.69) is 0 Å². The number of hydrogen-bond donors (Lipinski definition) is 1. The Bertz CT molecular complexity index is 708. The van der Waals surface area contributed by atoms with Crippen LogP contribution in [-0.4, -0.2) is 19.7 Å². The molecule has 0 saturated heterocycles. The summed E-state index contributed by atoms with van der Waals surface area (Å²) >= 11 is 0. The number of rotatable bonds is 3. The highest BCUT2D eigenvalue weighted by Gasteiger charge is 2.56. The Kier molecular flexibility index (Phi) is 3.15. The molecule has 1 aliphatic rings. The van der Waals surface area contributed by atoms with Crippen molar-refractivity contribution < 1.29 is 8.42 Å². The standard InChI is InChI=1S/C16H17NO2S/c1-11-7-9-13(10-8-11)20(18,19)16-14(15(16)17)12-5-3-2-4-6-12/h2-10,14-16H,17H2,1H3/t14-,15-,16+/m1/s1. The molecule has 0 spiro atoms. The summed E-state index contributed by atoms with van der Waals surface area (Å²) in [5, 5.41) is -0.507. The van der Waals surface area contributed by atoms with Crippen LogP contribution in [0.15, 0.2) is 59.5 Å². The molecule has 0 radical (unpaired) electrons. The van der Waals surface area contributed by atoms with E-state index in [0.717, 1.165) is 11.1 Å². The van der Waals surface area contributed by atoms with Gasteiger partial charge in [-0.1, -0.05) is 48.0 Å². The SMILES string of the molecule is Cc1ccc(S(=O)(=O)[C@@H]2[C@H](N)[C@H]2c2ccccc2)cc1. The normalized spacial score (nSPS) is 25.4. The van der Waals surface area contributed by atoms with Crippen LogP contribution in [0.25, 0.3) is 0 Å². The minimum absolute atomic E-state index is 0.0949. The van der Waals surface area contributed by atoms with Crippen LogP contribution < -0.4 is 5.73 Å². The first-order chi connectivity index (χ1) is 9.51. The maximum Gasteiger partial charge on any atom is 0.183 e. The highest BCUT2D eigenvalue weighted by molar-refractivity contribution is 7.92. The van der Waals surface area contributed by atoms with Gasteiger partial charge >= 0.3 is 0 Å². The third-order valence-electron chi connectivity index (χ3n) is 3.90. The molecule has 1 fully saturated rings. The quantitative estimate of drug-likeness (QED) is 0.942. The molecule has 1 saturated carbocycles. The Morgan fingerprint density at radius 2 is 1.55 bits per heavy atom. The van der Waals surface area contributed by atoms with Crippen molar-refractivity contribution in [1.29, 1.82) is 0 Å². The molecule has 0 bridgehead atoms. The fourth-order valence-corrected chi connectivity index (χ4v) is 4.72. The lowest BCUT2D eigenvalue weighted by atomic mass is 10.1. The van der Waals surface area contributed by atoms with E-state index in [0.29, 0.717) is 4.90 Å². The van der Waals surface area contributed by atoms with Crippen molar-refractivity contribution in [3.8, 4) is 0 Å². The smallest absolute Gasteiger partial charge is 0.183 e. The van der Waals surface area contributed by atoms with Crippen LogP contribution in [0.3, 0.4) is 0 Å². The van der Waals surface area contributed by atoms with Crippen molar-refractivity contribution in [3.63, 3.8) is 0 Å². The number of nitrogens with two attached hydrogens (primary N) is 1. The number of sulfone groups is 1. The predicted molar refractivity (Wildman–Crippen MR) is 79.3 cm³/mol. The van der Waals surface area contributed by atoms with Crippen molar-refractivity contribution in [1.82, 2.24) is 0 Å². The van der Waals surface area contributed by atoms with Crippen molar-refractivity contribution in [2.45, 2.75) is 29.0 Å². The Hall–Kier alpha value is -1.65. The van der Waals surface area contributed by atoms with Crippen LogP contribution in [-0.2, 0) is 9.84 Å². The number of aryl methyl sites for hydroxylation is 1. The highest BCUT2D eigenvalue weighted by atomic mass is 32.2. The van der Waals surface area contributed by atoms with E-state index in [1.807, 2.05) is 49.4 Å². The molecule has 2 aromatic rings. The molecule has 20 heavy (non-hydrogen) atoms. The molecule has 3 rings (SSSR count). The first-order valence-corrected chi connectivity index (χ1v) is 8.17. The molecular weight excluding hydrogens is 270 g/mol. The summed E-state index contributed by atoms with van der Waals surface area (Å²) in [5.74, 6) is -0.0949. The van der Waals surface area contributed by atoms with Gasteiger partial charge in [0, 0.05) is 12.0 Å². The van der Waals surface area contributed by atoms with E-state index in [1.165, 1.54) is 0 Å². The van der Waals surface area contributed by atoms with Gasteiger partial charge in [0.1, 0.15) is 0 Å². The molecule has 1 aliphatic carbocycles. The molecule has 4 heteroatoms. The largest absolute Gasteiger partial charge is 0.326 e.